The first-order valence-electron chi connectivity index (χ1n) is 7.99. The first kappa shape index (κ1) is 17.9. The lowest BCUT2D eigenvalue weighted by Crippen LogP contribution is -2.50. The average Bonchev–Trinajstić information content (AvgIpc) is 3.07. The number of anilines is 1. The van der Waals surface area contributed by atoms with Gasteiger partial charge in [0.1, 0.15) is 5.60 Å². The van der Waals surface area contributed by atoms with E-state index in [0.717, 1.165) is 5.56 Å². The Morgan fingerprint density at radius 3 is 2.52 bits per heavy atom. The van der Waals surface area contributed by atoms with Crippen LogP contribution in [0.5, 0.6) is 0 Å². The van der Waals surface area contributed by atoms with Crippen LogP contribution in [0.1, 0.15) is 20.8 Å². The minimum atomic E-state index is -0.495. The Labute approximate surface area is 155 Å². The molecule has 1 fully saturated rings. The molecule has 0 N–H and O–H groups in total. The van der Waals surface area contributed by atoms with Crippen molar-refractivity contribution in [3.63, 3.8) is 0 Å². The molecule has 2 aromatic rings. The lowest BCUT2D eigenvalue weighted by molar-refractivity contribution is 0.0240. The van der Waals surface area contributed by atoms with E-state index in [1.165, 1.54) is 0 Å². The summed E-state index contributed by atoms with van der Waals surface area (Å²) in [7, 11) is 0. The van der Waals surface area contributed by atoms with E-state index in [1.54, 1.807) is 16.2 Å². The second kappa shape index (κ2) is 7.13. The van der Waals surface area contributed by atoms with Crippen LogP contribution in [0.3, 0.4) is 0 Å². The predicted octanol–water partition coefficient (Wildman–Crippen LogP) is 3.31. The third-order valence-corrected chi connectivity index (χ3v) is 4.44. The van der Waals surface area contributed by atoms with Crippen LogP contribution >= 0.6 is 22.9 Å². The molecule has 0 atom stereocenters. The van der Waals surface area contributed by atoms with Gasteiger partial charge < -0.3 is 14.5 Å². The van der Waals surface area contributed by atoms with E-state index >= 15 is 0 Å². The van der Waals surface area contributed by atoms with Crippen molar-refractivity contribution < 1.29 is 9.53 Å². The number of carbonyl (C=O) groups is 1. The maximum absolute atomic E-state index is 12.1. The highest BCUT2D eigenvalue weighted by Gasteiger charge is 2.27. The Kier molecular flexibility index (Phi) is 5.10. The average molecular weight is 382 g/mol. The van der Waals surface area contributed by atoms with Crippen molar-refractivity contribution in [2.24, 2.45) is 0 Å². The summed E-state index contributed by atoms with van der Waals surface area (Å²) in [5.74, 6) is 1.09. The zero-order chi connectivity index (χ0) is 18.0. The van der Waals surface area contributed by atoms with Gasteiger partial charge in [0.15, 0.2) is 5.82 Å². The monoisotopic (exact) mass is 381 g/mol. The van der Waals surface area contributed by atoms with E-state index in [9.17, 15) is 4.79 Å². The Morgan fingerprint density at radius 2 is 1.92 bits per heavy atom. The molecule has 0 radical (unpaired) electrons. The number of rotatable bonds is 2. The van der Waals surface area contributed by atoms with Gasteiger partial charge in [-0.05, 0) is 43.8 Å². The van der Waals surface area contributed by atoms with Gasteiger partial charge in [0, 0.05) is 37.1 Å². The Hall–Kier alpha value is -1.93. The van der Waals surface area contributed by atoms with E-state index in [2.05, 4.69) is 15.0 Å². The van der Waals surface area contributed by atoms with Crippen LogP contribution in [0.15, 0.2) is 16.8 Å². The van der Waals surface area contributed by atoms with Crippen LogP contribution in [0.25, 0.3) is 11.4 Å². The highest BCUT2D eigenvalue weighted by atomic mass is 35.5. The van der Waals surface area contributed by atoms with Crippen molar-refractivity contribution in [2.45, 2.75) is 26.4 Å². The normalized spacial score (nSPS) is 15.4. The van der Waals surface area contributed by atoms with Crippen LogP contribution < -0.4 is 4.90 Å². The second-order valence-electron chi connectivity index (χ2n) is 6.69. The highest BCUT2D eigenvalue weighted by molar-refractivity contribution is 7.08. The van der Waals surface area contributed by atoms with Crippen LogP contribution in [0.2, 0.25) is 5.28 Å². The molecule has 3 rings (SSSR count). The summed E-state index contributed by atoms with van der Waals surface area (Å²) in [6.07, 6.45) is -0.292. The van der Waals surface area contributed by atoms with Crippen LogP contribution in [-0.4, -0.2) is 57.7 Å². The molecular weight excluding hydrogens is 362 g/mol. The van der Waals surface area contributed by atoms with Crippen molar-refractivity contribution in [1.29, 1.82) is 0 Å². The number of thiophene rings is 1. The molecular formula is C16H20ClN5O2S. The smallest absolute Gasteiger partial charge is 0.410 e. The number of carbonyl (C=O) groups excluding carboxylic acids is 1. The molecule has 2 aromatic heterocycles. The Balaban J connectivity index is 1.68. The predicted molar refractivity (Wildman–Crippen MR) is 98.2 cm³/mol. The molecule has 25 heavy (non-hydrogen) atoms. The summed E-state index contributed by atoms with van der Waals surface area (Å²) in [5, 5.41) is 4.10. The zero-order valence-corrected chi connectivity index (χ0v) is 16.0. The number of hydrogen-bond acceptors (Lipinski definition) is 7. The number of piperazine rings is 1. The van der Waals surface area contributed by atoms with Crippen LogP contribution in [0.4, 0.5) is 10.7 Å². The van der Waals surface area contributed by atoms with Gasteiger partial charge in [-0.3, -0.25) is 0 Å². The minimum absolute atomic E-state index is 0.167. The zero-order valence-electron chi connectivity index (χ0n) is 14.4. The SMILES string of the molecule is CC(C)(C)OC(=O)N1CCN(c2nc(Cl)nc(-c3ccsc3)n2)CC1. The van der Waals surface area contributed by atoms with E-state index < -0.39 is 5.60 Å². The molecule has 0 aromatic carbocycles. The molecule has 134 valence electrons. The molecule has 0 aliphatic carbocycles. The fourth-order valence-electron chi connectivity index (χ4n) is 2.42. The second-order valence-corrected chi connectivity index (χ2v) is 7.81. The van der Waals surface area contributed by atoms with Gasteiger partial charge in [-0.15, -0.1) is 0 Å². The quantitative estimate of drug-likeness (QED) is 0.794. The molecule has 0 spiro atoms. The number of aromatic nitrogens is 3. The lowest BCUT2D eigenvalue weighted by atomic mass is 10.2. The van der Waals surface area contributed by atoms with E-state index in [4.69, 9.17) is 16.3 Å². The van der Waals surface area contributed by atoms with Gasteiger partial charge in [0.2, 0.25) is 11.2 Å². The highest BCUT2D eigenvalue weighted by Crippen LogP contribution is 2.22. The summed E-state index contributed by atoms with van der Waals surface area (Å²) in [4.78, 5) is 28.8. The fourth-order valence-corrected chi connectivity index (χ4v) is 3.21. The van der Waals surface area contributed by atoms with Gasteiger partial charge in [-0.2, -0.15) is 26.3 Å². The number of halogens is 1. The largest absolute Gasteiger partial charge is 0.444 e. The topological polar surface area (TPSA) is 71.5 Å². The summed E-state index contributed by atoms with van der Waals surface area (Å²) in [6, 6.07) is 1.94. The third-order valence-electron chi connectivity index (χ3n) is 3.59. The molecule has 1 aliphatic heterocycles. The first-order valence-corrected chi connectivity index (χ1v) is 9.31. The molecule has 1 saturated heterocycles. The first-order chi connectivity index (χ1) is 11.8. The van der Waals surface area contributed by atoms with E-state index in [1.807, 2.05) is 42.5 Å². The van der Waals surface area contributed by atoms with Gasteiger partial charge in [0.05, 0.1) is 0 Å². The summed E-state index contributed by atoms with van der Waals surface area (Å²) >= 11 is 7.64. The summed E-state index contributed by atoms with van der Waals surface area (Å²) in [5.41, 5.74) is 0.425. The number of ether oxygens (including phenoxy) is 1. The molecule has 9 heteroatoms. The molecule has 3 heterocycles. The molecule has 1 aliphatic rings. The third kappa shape index (κ3) is 4.58. The van der Waals surface area contributed by atoms with Crippen molar-refractivity contribution in [1.82, 2.24) is 19.9 Å². The molecule has 7 nitrogen and oxygen atoms in total. The summed E-state index contributed by atoms with van der Waals surface area (Å²) < 4.78 is 5.41. The van der Waals surface area contributed by atoms with Crippen LogP contribution in [-0.2, 0) is 4.74 Å². The number of hydrogen-bond donors (Lipinski definition) is 0. The van der Waals surface area contributed by atoms with Crippen LogP contribution in [0, 0.1) is 0 Å². The fraction of sp³-hybridized carbons (Fsp3) is 0.500. The molecule has 0 saturated carbocycles. The Morgan fingerprint density at radius 1 is 1.20 bits per heavy atom. The van der Waals surface area contributed by atoms with Crippen molar-refractivity contribution in [3.8, 4) is 11.4 Å². The van der Waals surface area contributed by atoms with Gasteiger partial charge in [-0.1, -0.05) is 0 Å². The molecule has 0 bridgehead atoms. The maximum Gasteiger partial charge on any atom is 0.410 e. The van der Waals surface area contributed by atoms with Crippen molar-refractivity contribution in [3.05, 3.63) is 22.1 Å². The van der Waals surface area contributed by atoms with Gasteiger partial charge in [0.25, 0.3) is 0 Å². The number of amides is 1. The summed E-state index contributed by atoms with van der Waals surface area (Å²) in [6.45, 7) is 7.91. The maximum atomic E-state index is 12.1. The lowest BCUT2D eigenvalue weighted by Gasteiger charge is -2.35. The molecule has 1 amide bonds. The van der Waals surface area contributed by atoms with E-state index in [0.29, 0.717) is 38.0 Å². The number of nitrogens with zero attached hydrogens (tertiary/aromatic N) is 5. The van der Waals surface area contributed by atoms with Crippen molar-refractivity contribution in [2.75, 3.05) is 31.1 Å². The molecule has 0 unspecified atom stereocenters. The standard InChI is InChI=1S/C16H20ClN5O2S/c1-16(2,3)24-15(23)22-7-5-21(6-8-22)14-19-12(18-13(17)20-14)11-4-9-25-10-11/h4,9-10H,5-8H2,1-3H3. The minimum Gasteiger partial charge on any atom is -0.444 e. The Bertz CT molecular complexity index is 739. The van der Waals surface area contributed by atoms with Gasteiger partial charge >= 0.3 is 6.09 Å². The van der Waals surface area contributed by atoms with Gasteiger partial charge in [-0.25, -0.2) is 4.79 Å². The van der Waals surface area contributed by atoms with Crippen molar-refractivity contribution >= 4 is 35.0 Å². The van der Waals surface area contributed by atoms with E-state index in [-0.39, 0.29) is 11.4 Å².